The van der Waals surface area contributed by atoms with Crippen molar-refractivity contribution in [1.29, 1.82) is 0 Å². The zero-order valence-corrected chi connectivity index (χ0v) is 13.7. The molecule has 3 rings (SSSR count). The van der Waals surface area contributed by atoms with Crippen LogP contribution in [-0.4, -0.2) is 51.0 Å². The minimum atomic E-state index is -0.288. The van der Waals surface area contributed by atoms with Gasteiger partial charge in [0.1, 0.15) is 6.33 Å². The fraction of sp³-hybridized carbons (Fsp3) is 0.118. The van der Waals surface area contributed by atoms with Crippen LogP contribution in [0.25, 0.3) is 5.69 Å². The van der Waals surface area contributed by atoms with Gasteiger partial charge in [0.2, 0.25) is 0 Å². The SMILES string of the molecule is CN(C)C(=O)c1cccc(NC(=O)c2cccc(-n3cnnn3)c2)c1. The number of amides is 2. The van der Waals surface area contributed by atoms with Crippen molar-refractivity contribution in [2.45, 2.75) is 0 Å². The Labute approximate surface area is 144 Å². The molecular weight excluding hydrogens is 320 g/mol. The molecule has 8 nitrogen and oxygen atoms in total. The van der Waals surface area contributed by atoms with Crippen LogP contribution in [0.3, 0.4) is 0 Å². The second-order valence-electron chi connectivity index (χ2n) is 5.54. The molecule has 126 valence electrons. The molecule has 2 aromatic carbocycles. The van der Waals surface area contributed by atoms with Crippen molar-refractivity contribution in [2.75, 3.05) is 19.4 Å². The van der Waals surface area contributed by atoms with Gasteiger partial charge in [-0.15, -0.1) is 5.10 Å². The molecule has 0 fully saturated rings. The number of nitrogens with one attached hydrogen (secondary N) is 1. The van der Waals surface area contributed by atoms with Crippen LogP contribution in [0.1, 0.15) is 20.7 Å². The van der Waals surface area contributed by atoms with Crippen molar-refractivity contribution in [3.8, 4) is 5.69 Å². The van der Waals surface area contributed by atoms with Crippen LogP contribution in [0, 0.1) is 0 Å². The van der Waals surface area contributed by atoms with E-state index >= 15 is 0 Å². The molecule has 0 aliphatic rings. The highest BCUT2D eigenvalue weighted by Gasteiger charge is 2.11. The average Bonchev–Trinajstić information content (AvgIpc) is 3.16. The van der Waals surface area contributed by atoms with Gasteiger partial charge in [-0.25, -0.2) is 4.68 Å². The molecule has 0 unspecified atom stereocenters. The lowest BCUT2D eigenvalue weighted by molar-refractivity contribution is 0.0827. The summed E-state index contributed by atoms with van der Waals surface area (Å²) < 4.78 is 1.47. The van der Waals surface area contributed by atoms with Crippen molar-refractivity contribution in [3.63, 3.8) is 0 Å². The Morgan fingerprint density at radius 1 is 1.04 bits per heavy atom. The molecule has 1 N–H and O–H groups in total. The summed E-state index contributed by atoms with van der Waals surface area (Å²) in [6.07, 6.45) is 1.45. The summed E-state index contributed by atoms with van der Waals surface area (Å²) in [6.45, 7) is 0. The molecule has 1 heterocycles. The average molecular weight is 336 g/mol. The van der Waals surface area contributed by atoms with E-state index in [1.165, 1.54) is 15.9 Å². The lowest BCUT2D eigenvalue weighted by Gasteiger charge is -2.12. The molecule has 0 saturated heterocycles. The lowest BCUT2D eigenvalue weighted by Crippen LogP contribution is -2.22. The van der Waals surface area contributed by atoms with E-state index < -0.39 is 0 Å². The molecule has 0 saturated carbocycles. The van der Waals surface area contributed by atoms with Crippen LogP contribution in [-0.2, 0) is 0 Å². The van der Waals surface area contributed by atoms with Gasteiger partial charge in [0.05, 0.1) is 5.69 Å². The van der Waals surface area contributed by atoms with Crippen molar-refractivity contribution in [3.05, 3.63) is 66.0 Å². The molecule has 3 aromatic rings. The predicted octanol–water partition coefficient (Wildman–Crippen LogP) is 1.62. The van der Waals surface area contributed by atoms with Gasteiger partial charge in [0.25, 0.3) is 11.8 Å². The molecule has 0 aliphatic heterocycles. The predicted molar refractivity (Wildman–Crippen MR) is 91.6 cm³/mol. The largest absolute Gasteiger partial charge is 0.345 e. The summed E-state index contributed by atoms with van der Waals surface area (Å²) in [7, 11) is 3.36. The molecule has 1 aromatic heterocycles. The van der Waals surface area contributed by atoms with Crippen LogP contribution >= 0.6 is 0 Å². The first kappa shape index (κ1) is 16.3. The van der Waals surface area contributed by atoms with Gasteiger partial charge in [-0.1, -0.05) is 12.1 Å². The van der Waals surface area contributed by atoms with Gasteiger partial charge in [0, 0.05) is 30.9 Å². The number of carbonyl (C=O) groups is 2. The Bertz CT molecular complexity index is 905. The molecule has 8 heteroatoms. The van der Waals surface area contributed by atoms with E-state index in [1.54, 1.807) is 62.6 Å². The van der Waals surface area contributed by atoms with Gasteiger partial charge in [-0.3, -0.25) is 9.59 Å². The van der Waals surface area contributed by atoms with Crippen molar-refractivity contribution in [1.82, 2.24) is 25.1 Å². The Hall–Kier alpha value is -3.55. The summed E-state index contributed by atoms with van der Waals surface area (Å²) >= 11 is 0. The van der Waals surface area contributed by atoms with Gasteiger partial charge in [-0.05, 0) is 46.8 Å². The summed E-state index contributed by atoms with van der Waals surface area (Å²) in [5.74, 6) is -0.416. The number of nitrogens with zero attached hydrogens (tertiary/aromatic N) is 5. The molecule has 0 bridgehead atoms. The molecule has 0 spiro atoms. The zero-order chi connectivity index (χ0) is 17.8. The van der Waals surface area contributed by atoms with Gasteiger partial charge < -0.3 is 10.2 Å². The number of aromatic nitrogens is 4. The molecular formula is C17H16N6O2. The number of anilines is 1. The quantitative estimate of drug-likeness (QED) is 0.781. The topological polar surface area (TPSA) is 93.0 Å². The highest BCUT2D eigenvalue weighted by Crippen LogP contribution is 2.15. The highest BCUT2D eigenvalue weighted by atomic mass is 16.2. The number of benzene rings is 2. The van der Waals surface area contributed by atoms with Crippen molar-refractivity contribution >= 4 is 17.5 Å². The molecule has 0 aliphatic carbocycles. The Balaban J connectivity index is 1.80. The normalized spacial score (nSPS) is 10.3. The zero-order valence-electron chi connectivity index (χ0n) is 13.7. The summed E-state index contributed by atoms with van der Waals surface area (Å²) in [6, 6.07) is 13.7. The van der Waals surface area contributed by atoms with Gasteiger partial charge >= 0.3 is 0 Å². The number of carbonyl (C=O) groups excluding carboxylic acids is 2. The first-order valence-corrected chi connectivity index (χ1v) is 7.51. The van der Waals surface area contributed by atoms with Crippen LogP contribution in [0.2, 0.25) is 0 Å². The maximum absolute atomic E-state index is 12.5. The van der Waals surface area contributed by atoms with E-state index in [2.05, 4.69) is 20.8 Å². The number of tetrazole rings is 1. The third-order valence-electron chi connectivity index (χ3n) is 3.50. The van der Waals surface area contributed by atoms with Crippen LogP contribution < -0.4 is 5.32 Å². The Kier molecular flexibility index (Phi) is 4.51. The van der Waals surface area contributed by atoms with E-state index in [0.717, 1.165) is 0 Å². The second kappa shape index (κ2) is 6.91. The van der Waals surface area contributed by atoms with Gasteiger partial charge in [0.15, 0.2) is 0 Å². The van der Waals surface area contributed by atoms with Crippen LogP contribution in [0.4, 0.5) is 5.69 Å². The maximum Gasteiger partial charge on any atom is 0.255 e. The Morgan fingerprint density at radius 2 is 1.80 bits per heavy atom. The van der Waals surface area contributed by atoms with E-state index in [-0.39, 0.29) is 11.8 Å². The van der Waals surface area contributed by atoms with E-state index in [0.29, 0.717) is 22.5 Å². The fourth-order valence-electron chi connectivity index (χ4n) is 2.26. The fourth-order valence-corrected chi connectivity index (χ4v) is 2.26. The highest BCUT2D eigenvalue weighted by molar-refractivity contribution is 6.05. The van der Waals surface area contributed by atoms with Crippen LogP contribution in [0.15, 0.2) is 54.9 Å². The van der Waals surface area contributed by atoms with Gasteiger partial charge in [-0.2, -0.15) is 0 Å². The van der Waals surface area contributed by atoms with E-state index in [4.69, 9.17) is 0 Å². The minimum absolute atomic E-state index is 0.128. The third-order valence-corrected chi connectivity index (χ3v) is 3.50. The molecule has 2 amide bonds. The second-order valence-corrected chi connectivity index (χ2v) is 5.54. The Morgan fingerprint density at radius 3 is 2.52 bits per heavy atom. The number of rotatable bonds is 4. The van der Waals surface area contributed by atoms with Crippen LogP contribution in [0.5, 0.6) is 0 Å². The van der Waals surface area contributed by atoms with Crippen molar-refractivity contribution in [2.24, 2.45) is 0 Å². The lowest BCUT2D eigenvalue weighted by atomic mass is 10.1. The molecule has 25 heavy (non-hydrogen) atoms. The van der Waals surface area contributed by atoms with Crippen molar-refractivity contribution < 1.29 is 9.59 Å². The standard InChI is InChI=1S/C17H16N6O2/c1-22(2)17(25)13-6-3-7-14(9-13)19-16(24)12-5-4-8-15(10-12)23-11-18-20-21-23/h3-11H,1-2H3,(H,19,24). The summed E-state index contributed by atoms with van der Waals surface area (Å²) in [4.78, 5) is 26.0. The first-order chi connectivity index (χ1) is 12.0. The maximum atomic E-state index is 12.5. The smallest absolute Gasteiger partial charge is 0.255 e. The third kappa shape index (κ3) is 3.69. The summed E-state index contributed by atoms with van der Waals surface area (Å²) in [5, 5.41) is 13.7. The molecule has 0 atom stereocenters. The minimum Gasteiger partial charge on any atom is -0.345 e. The first-order valence-electron chi connectivity index (χ1n) is 7.51. The number of hydrogen-bond donors (Lipinski definition) is 1. The van der Waals surface area contributed by atoms with E-state index in [1.807, 2.05) is 0 Å². The monoisotopic (exact) mass is 336 g/mol. The molecule has 0 radical (unpaired) electrons. The van der Waals surface area contributed by atoms with E-state index in [9.17, 15) is 9.59 Å². The number of hydrogen-bond acceptors (Lipinski definition) is 5. The summed E-state index contributed by atoms with van der Waals surface area (Å²) in [5.41, 5.74) is 2.18.